The Balaban J connectivity index is 6.68. The summed E-state index contributed by atoms with van der Waals surface area (Å²) in [5.41, 5.74) is 1.15. The molecule has 0 unspecified atom stereocenters. The third kappa shape index (κ3) is 22.8. The van der Waals surface area contributed by atoms with Crippen LogP contribution in [0.4, 0.5) is 0 Å². The van der Waals surface area contributed by atoms with Gasteiger partial charge in [-0.2, -0.15) is 0 Å². The number of unbranched alkanes of at least 4 members (excludes halogenated alkanes) is 3. The zero-order chi connectivity index (χ0) is 42.7. The van der Waals surface area contributed by atoms with Crippen LogP contribution in [0.5, 0.6) is 0 Å². The number of carboxylic acids is 1. The Morgan fingerprint density at radius 3 is 1.69 bits per heavy atom. The molecule has 0 saturated carbocycles. The van der Waals surface area contributed by atoms with Crippen LogP contribution < -0.4 is 0 Å². The summed E-state index contributed by atoms with van der Waals surface area (Å²) in [5.74, 6) is -1.51. The normalized spacial score (nSPS) is 16.6. The van der Waals surface area contributed by atoms with Gasteiger partial charge in [0.2, 0.25) is 0 Å². The van der Waals surface area contributed by atoms with E-state index in [1.807, 2.05) is 0 Å². The number of aliphatic carboxylic acids is 1. The van der Waals surface area contributed by atoms with Gasteiger partial charge in [-0.25, -0.2) is 0 Å². The van der Waals surface area contributed by atoms with Crippen molar-refractivity contribution in [2.75, 3.05) is 13.4 Å². The molecule has 4 atom stereocenters. The van der Waals surface area contributed by atoms with Gasteiger partial charge in [0, 0.05) is 14.7 Å². The van der Waals surface area contributed by atoms with Gasteiger partial charge in [0.15, 0.2) is 8.32 Å². The van der Waals surface area contributed by atoms with Gasteiger partial charge in [-0.15, -0.1) is 0 Å². The second kappa shape index (κ2) is 25.6. The number of ether oxygens (including phenoxy) is 2. The average Bonchev–Trinajstić information content (AvgIpc) is 3.05. The molecule has 10 heteroatoms. The van der Waals surface area contributed by atoms with Crippen molar-refractivity contribution in [3.05, 3.63) is 34.0 Å². The average molecular weight is 932 g/mol. The van der Waals surface area contributed by atoms with E-state index in [-0.39, 0.29) is 29.1 Å². The Morgan fingerprint density at radius 2 is 1.25 bits per heavy atom. The first-order valence-corrected chi connectivity index (χ1v) is 39.2. The summed E-state index contributed by atoms with van der Waals surface area (Å²) >= 11 is -2.50. The van der Waals surface area contributed by atoms with Crippen LogP contribution in [0, 0.1) is 5.92 Å². The number of rotatable bonds is 29. The maximum atomic E-state index is 12.3. The van der Waals surface area contributed by atoms with Crippen molar-refractivity contribution < 1.29 is 28.2 Å². The second-order valence-electron chi connectivity index (χ2n) is 20.8. The van der Waals surface area contributed by atoms with Crippen LogP contribution >= 0.6 is 0 Å². The van der Waals surface area contributed by atoms with Gasteiger partial charge >= 0.3 is 247 Å². The molecule has 324 valence electrons. The zero-order valence-corrected chi connectivity index (χ0v) is 45.4. The second-order valence-corrected chi connectivity index (χ2v) is 49.0. The number of carboxylic acid groups (broad SMARTS) is 1. The Labute approximate surface area is 349 Å². The van der Waals surface area contributed by atoms with Crippen LogP contribution in [-0.4, -0.2) is 85.9 Å². The summed E-state index contributed by atoms with van der Waals surface area (Å²) in [7, 11) is -5.50. The molecular formula is C45H92O6Si3Sn. The number of allylic oxidation sites excluding steroid dienone is 2. The molecule has 0 rings (SSSR count). The molecule has 0 heterocycles. The fourth-order valence-electron chi connectivity index (χ4n) is 5.95. The van der Waals surface area contributed by atoms with Crippen molar-refractivity contribution in [3.63, 3.8) is 0 Å². The fourth-order valence-corrected chi connectivity index (χ4v) is 23.8. The molecule has 0 spiro atoms. The predicted molar refractivity (Wildman–Crippen MR) is 251 cm³/mol. The van der Waals surface area contributed by atoms with E-state index in [1.54, 1.807) is 6.92 Å². The van der Waals surface area contributed by atoms with E-state index in [0.717, 1.165) is 18.0 Å². The van der Waals surface area contributed by atoms with Gasteiger partial charge in [-0.3, -0.25) is 4.79 Å². The molecule has 0 aliphatic heterocycles. The minimum atomic E-state index is -2.50. The van der Waals surface area contributed by atoms with Crippen molar-refractivity contribution in [2.24, 2.45) is 5.92 Å². The molecule has 0 aliphatic rings. The van der Waals surface area contributed by atoms with Crippen molar-refractivity contribution in [1.82, 2.24) is 0 Å². The van der Waals surface area contributed by atoms with Crippen LogP contribution in [0.1, 0.15) is 128 Å². The predicted octanol–water partition coefficient (Wildman–Crippen LogP) is 14.4. The third-order valence-corrected chi connectivity index (χ3v) is 37.1. The van der Waals surface area contributed by atoms with E-state index in [1.165, 1.54) is 51.8 Å². The van der Waals surface area contributed by atoms with E-state index < -0.39 is 61.1 Å². The van der Waals surface area contributed by atoms with Crippen LogP contribution in [0.3, 0.4) is 0 Å². The Morgan fingerprint density at radius 1 is 0.764 bits per heavy atom. The number of hydrogen-bond donors (Lipinski definition) is 1. The fraction of sp³-hybridized carbons (Fsp3) is 0.844. The van der Waals surface area contributed by atoms with Gasteiger partial charge in [0.25, 0.3) is 0 Å². The first kappa shape index (κ1) is 55.0. The first-order chi connectivity index (χ1) is 25.2. The monoisotopic (exact) mass is 933 g/mol. The third-order valence-electron chi connectivity index (χ3n) is 12.3. The van der Waals surface area contributed by atoms with Crippen LogP contribution in [0.25, 0.3) is 0 Å². The standard InChI is InChI=1S/C33H65O6Si3.3C4H9.Sn/c1-17-28(38-41(13,14)32(4,5)6)20-18-26(2)19-21-29(37-25-36-22-23-40(10,11)12)24-30(27(3)31(34)35)39-42(15,16)33(7,8)9;3*1-3-4-2;/h1,17-19,21,27-30H,20,22-25H2,2-16H3,(H,34,35);3*1,3-4H2,2H3;/b17-1?,21-19+,26-18+;;;;/t27-,28-,29-,30-;;;;/m1..../s1. The summed E-state index contributed by atoms with van der Waals surface area (Å²) in [6.45, 7) is 41.5. The Bertz CT molecular complexity index is 1140. The van der Waals surface area contributed by atoms with Crippen molar-refractivity contribution in [3.8, 4) is 0 Å². The quantitative estimate of drug-likeness (QED) is 0.0349. The topological polar surface area (TPSA) is 74.2 Å². The van der Waals surface area contributed by atoms with E-state index in [2.05, 4.69) is 143 Å². The molecule has 0 saturated heterocycles. The Kier molecular flexibility index (Phi) is 25.6. The van der Waals surface area contributed by atoms with Gasteiger partial charge in [-0.1, -0.05) is 40.4 Å². The molecule has 55 heavy (non-hydrogen) atoms. The summed E-state index contributed by atoms with van der Waals surface area (Å²) in [5, 5.41) is 10.2. The SMILES string of the molecule is CCC[CH2][Sn](/[CH]=C/[C@H](C/C=C(C)/C=C/[C@H](C[C@@H](O[Si](C)(C)C(C)(C)C)[C@@H](C)C(=O)O)OCOCC[Si](C)(C)C)O[Si](C)(C)C(C)(C)C)([CH2]CCC)[CH2]CCC. The summed E-state index contributed by atoms with van der Waals surface area (Å²) in [4.78, 5) is 12.3. The molecule has 0 aromatic carbocycles. The van der Waals surface area contributed by atoms with E-state index in [4.69, 9.17) is 18.3 Å². The molecule has 0 aliphatic carbocycles. The summed E-state index contributed by atoms with van der Waals surface area (Å²) < 4.78 is 33.5. The van der Waals surface area contributed by atoms with Crippen molar-refractivity contribution >= 4 is 49.1 Å². The maximum absolute atomic E-state index is 12.3. The molecule has 1 N–H and O–H groups in total. The molecule has 0 aromatic heterocycles. The van der Waals surface area contributed by atoms with Gasteiger partial charge < -0.3 is 5.11 Å². The number of hydrogen-bond acceptors (Lipinski definition) is 5. The zero-order valence-electron chi connectivity index (χ0n) is 39.6. The van der Waals surface area contributed by atoms with E-state index in [0.29, 0.717) is 13.0 Å². The summed E-state index contributed by atoms with van der Waals surface area (Å²) in [6, 6.07) is 1.07. The number of carbonyl (C=O) groups is 1. The molecule has 0 fully saturated rings. The first-order valence-electron chi connectivity index (χ1n) is 22.0. The Hall–Kier alpha value is -0.0206. The van der Waals surface area contributed by atoms with Crippen LogP contribution in [0.15, 0.2) is 34.0 Å². The molecule has 0 radical (unpaired) electrons. The molecule has 0 bridgehead atoms. The van der Waals surface area contributed by atoms with Gasteiger partial charge in [0.05, 0.1) is 0 Å². The molecule has 0 amide bonds. The van der Waals surface area contributed by atoms with Gasteiger partial charge in [0.1, 0.15) is 0 Å². The molecule has 6 nitrogen and oxygen atoms in total. The minimum absolute atomic E-state index is 0.0438. The van der Waals surface area contributed by atoms with Crippen LogP contribution in [0.2, 0.25) is 75.3 Å². The van der Waals surface area contributed by atoms with Crippen LogP contribution in [-0.2, 0) is 23.1 Å². The molecule has 0 aromatic rings. The van der Waals surface area contributed by atoms with E-state index >= 15 is 0 Å². The van der Waals surface area contributed by atoms with Crippen molar-refractivity contribution in [2.45, 2.75) is 221 Å². The van der Waals surface area contributed by atoms with Gasteiger partial charge in [-0.05, 0) is 31.1 Å². The van der Waals surface area contributed by atoms with E-state index in [9.17, 15) is 9.90 Å². The summed E-state index contributed by atoms with van der Waals surface area (Å²) in [6.07, 6.45) is 17.4. The van der Waals surface area contributed by atoms with Crippen molar-refractivity contribution in [1.29, 1.82) is 0 Å². The molecular weight excluding hydrogens is 839 g/mol.